The molecular formula is C13H20N2O2. The van der Waals surface area contributed by atoms with E-state index in [1.807, 2.05) is 32.0 Å². The molecule has 0 saturated carbocycles. The molecule has 0 bridgehead atoms. The van der Waals surface area contributed by atoms with E-state index >= 15 is 0 Å². The maximum Gasteiger partial charge on any atom is 0.218 e. The van der Waals surface area contributed by atoms with Crippen molar-refractivity contribution < 1.29 is 9.53 Å². The van der Waals surface area contributed by atoms with Crippen molar-refractivity contribution in [2.75, 3.05) is 13.7 Å². The van der Waals surface area contributed by atoms with Gasteiger partial charge in [-0.2, -0.15) is 0 Å². The smallest absolute Gasteiger partial charge is 0.218 e. The van der Waals surface area contributed by atoms with Crippen LogP contribution in [0.2, 0.25) is 0 Å². The van der Waals surface area contributed by atoms with Crippen LogP contribution in [0.5, 0.6) is 5.75 Å². The summed E-state index contributed by atoms with van der Waals surface area (Å²) in [6, 6.07) is 6.21. The number of methoxy groups -OCH3 is 1. The molecule has 0 radical (unpaired) electrons. The second kappa shape index (κ2) is 6.25. The maximum atomic E-state index is 10.6. The second-order valence-corrected chi connectivity index (χ2v) is 4.14. The zero-order valence-electron chi connectivity index (χ0n) is 10.6. The molecule has 4 heteroatoms. The average molecular weight is 236 g/mol. The third-order valence-corrected chi connectivity index (χ3v) is 2.68. The van der Waals surface area contributed by atoms with Gasteiger partial charge in [0.05, 0.1) is 7.11 Å². The minimum absolute atomic E-state index is 0.130. The van der Waals surface area contributed by atoms with Gasteiger partial charge in [0.15, 0.2) is 0 Å². The molecule has 1 aromatic carbocycles. The second-order valence-electron chi connectivity index (χ2n) is 4.14. The van der Waals surface area contributed by atoms with Crippen molar-refractivity contribution in [1.29, 1.82) is 0 Å². The SMILES string of the molecule is COc1cc(C)ccc1C(C)NCCC(N)=O. The number of benzene rings is 1. The van der Waals surface area contributed by atoms with E-state index in [0.29, 0.717) is 13.0 Å². The molecule has 1 rings (SSSR count). The van der Waals surface area contributed by atoms with E-state index in [2.05, 4.69) is 5.32 Å². The Kier molecular flexibility index (Phi) is 4.97. The van der Waals surface area contributed by atoms with Crippen molar-refractivity contribution in [3.63, 3.8) is 0 Å². The fourth-order valence-electron chi connectivity index (χ4n) is 1.70. The van der Waals surface area contributed by atoms with E-state index < -0.39 is 0 Å². The molecule has 4 nitrogen and oxygen atoms in total. The van der Waals surface area contributed by atoms with Crippen molar-refractivity contribution in [3.8, 4) is 5.75 Å². The number of hydrogen-bond acceptors (Lipinski definition) is 3. The summed E-state index contributed by atoms with van der Waals surface area (Å²) in [5.41, 5.74) is 7.34. The number of ether oxygens (including phenoxy) is 1. The molecule has 94 valence electrons. The van der Waals surface area contributed by atoms with E-state index in [4.69, 9.17) is 10.5 Å². The molecule has 1 amide bonds. The minimum Gasteiger partial charge on any atom is -0.496 e. The van der Waals surface area contributed by atoms with Crippen LogP contribution in [0.1, 0.15) is 30.5 Å². The predicted octanol–water partition coefficient (Wildman–Crippen LogP) is 1.53. The molecule has 1 unspecified atom stereocenters. The molecule has 1 aromatic rings. The molecule has 0 heterocycles. The van der Waals surface area contributed by atoms with Crippen LogP contribution in [-0.2, 0) is 4.79 Å². The first-order chi connectivity index (χ1) is 8.04. The summed E-state index contributed by atoms with van der Waals surface area (Å²) in [4.78, 5) is 10.6. The Bertz CT molecular complexity index is 391. The van der Waals surface area contributed by atoms with Crippen LogP contribution in [0.25, 0.3) is 0 Å². The zero-order valence-corrected chi connectivity index (χ0v) is 10.6. The summed E-state index contributed by atoms with van der Waals surface area (Å²) in [6.07, 6.45) is 0.346. The van der Waals surface area contributed by atoms with Crippen molar-refractivity contribution in [2.24, 2.45) is 5.73 Å². The third kappa shape index (κ3) is 4.07. The lowest BCUT2D eigenvalue weighted by Crippen LogP contribution is -2.24. The highest BCUT2D eigenvalue weighted by atomic mass is 16.5. The fraction of sp³-hybridized carbons (Fsp3) is 0.462. The molecule has 0 aliphatic rings. The van der Waals surface area contributed by atoms with Crippen LogP contribution >= 0.6 is 0 Å². The first-order valence-electron chi connectivity index (χ1n) is 5.71. The number of nitrogens with one attached hydrogen (secondary N) is 1. The van der Waals surface area contributed by atoms with Crippen LogP contribution in [0.4, 0.5) is 0 Å². The molecule has 17 heavy (non-hydrogen) atoms. The standard InChI is InChI=1S/C13H20N2O2/c1-9-4-5-11(12(8-9)17-3)10(2)15-7-6-13(14)16/h4-5,8,10,15H,6-7H2,1-3H3,(H2,14,16). The van der Waals surface area contributed by atoms with Gasteiger partial charge < -0.3 is 15.8 Å². The van der Waals surface area contributed by atoms with E-state index in [1.54, 1.807) is 7.11 Å². The summed E-state index contributed by atoms with van der Waals surface area (Å²) in [5, 5.41) is 3.24. The van der Waals surface area contributed by atoms with Crippen molar-refractivity contribution in [3.05, 3.63) is 29.3 Å². The van der Waals surface area contributed by atoms with Crippen LogP contribution < -0.4 is 15.8 Å². The van der Waals surface area contributed by atoms with Gasteiger partial charge in [0.2, 0.25) is 5.91 Å². The quantitative estimate of drug-likeness (QED) is 0.787. The van der Waals surface area contributed by atoms with E-state index in [-0.39, 0.29) is 11.9 Å². The summed E-state index contributed by atoms with van der Waals surface area (Å²) < 4.78 is 5.34. The third-order valence-electron chi connectivity index (χ3n) is 2.68. The molecule has 0 saturated heterocycles. The molecular weight excluding hydrogens is 216 g/mol. The largest absolute Gasteiger partial charge is 0.496 e. The Morgan fingerprint density at radius 2 is 2.24 bits per heavy atom. The van der Waals surface area contributed by atoms with Crippen LogP contribution in [-0.4, -0.2) is 19.6 Å². The number of hydrogen-bond donors (Lipinski definition) is 2. The van der Waals surface area contributed by atoms with Gasteiger partial charge in [0.25, 0.3) is 0 Å². The highest BCUT2D eigenvalue weighted by Crippen LogP contribution is 2.25. The number of carbonyl (C=O) groups excluding carboxylic acids is 1. The first-order valence-corrected chi connectivity index (χ1v) is 5.71. The van der Waals surface area contributed by atoms with Crippen LogP contribution in [0.15, 0.2) is 18.2 Å². The lowest BCUT2D eigenvalue weighted by Gasteiger charge is -2.17. The highest BCUT2D eigenvalue weighted by Gasteiger charge is 2.10. The lowest BCUT2D eigenvalue weighted by molar-refractivity contribution is -0.117. The zero-order chi connectivity index (χ0) is 12.8. The molecule has 0 fully saturated rings. The number of primary amides is 1. The monoisotopic (exact) mass is 236 g/mol. The van der Waals surface area contributed by atoms with Gasteiger partial charge in [-0.15, -0.1) is 0 Å². The molecule has 0 spiro atoms. The van der Waals surface area contributed by atoms with Crippen LogP contribution in [0, 0.1) is 6.92 Å². The molecule has 1 atom stereocenters. The highest BCUT2D eigenvalue weighted by molar-refractivity contribution is 5.73. The molecule has 0 aromatic heterocycles. The van der Waals surface area contributed by atoms with Gasteiger partial charge in [0.1, 0.15) is 5.75 Å². The van der Waals surface area contributed by atoms with Gasteiger partial charge in [0, 0.05) is 24.6 Å². The molecule has 0 aliphatic heterocycles. The van der Waals surface area contributed by atoms with Gasteiger partial charge in [-0.3, -0.25) is 4.79 Å². The lowest BCUT2D eigenvalue weighted by atomic mass is 10.0. The Balaban J connectivity index is 2.67. The average Bonchev–Trinajstić information content (AvgIpc) is 2.28. The van der Waals surface area contributed by atoms with Gasteiger partial charge >= 0.3 is 0 Å². The minimum atomic E-state index is -0.291. The summed E-state index contributed by atoms with van der Waals surface area (Å²) in [6.45, 7) is 4.64. The van der Waals surface area contributed by atoms with Crippen molar-refractivity contribution >= 4 is 5.91 Å². The number of carbonyl (C=O) groups is 1. The fourth-order valence-corrected chi connectivity index (χ4v) is 1.70. The van der Waals surface area contributed by atoms with E-state index in [1.165, 1.54) is 0 Å². The van der Waals surface area contributed by atoms with Crippen molar-refractivity contribution in [2.45, 2.75) is 26.3 Å². The summed E-state index contributed by atoms with van der Waals surface area (Å²) in [7, 11) is 1.66. The summed E-state index contributed by atoms with van der Waals surface area (Å²) in [5.74, 6) is 0.574. The Labute approximate surface area is 102 Å². The maximum absolute atomic E-state index is 10.6. The number of rotatable bonds is 6. The van der Waals surface area contributed by atoms with Gasteiger partial charge in [-0.25, -0.2) is 0 Å². The van der Waals surface area contributed by atoms with E-state index in [9.17, 15) is 4.79 Å². The number of aryl methyl sites for hydroxylation is 1. The Morgan fingerprint density at radius 3 is 2.82 bits per heavy atom. The summed E-state index contributed by atoms with van der Waals surface area (Å²) >= 11 is 0. The van der Waals surface area contributed by atoms with E-state index in [0.717, 1.165) is 16.9 Å². The topological polar surface area (TPSA) is 64.3 Å². The Morgan fingerprint density at radius 1 is 1.53 bits per heavy atom. The van der Waals surface area contributed by atoms with Crippen LogP contribution in [0.3, 0.4) is 0 Å². The van der Waals surface area contributed by atoms with Gasteiger partial charge in [-0.1, -0.05) is 12.1 Å². The number of amides is 1. The Hall–Kier alpha value is -1.55. The molecule has 0 aliphatic carbocycles. The number of nitrogens with two attached hydrogens (primary N) is 1. The first kappa shape index (κ1) is 13.5. The predicted molar refractivity (Wildman–Crippen MR) is 68.0 cm³/mol. The normalized spacial score (nSPS) is 12.2. The van der Waals surface area contributed by atoms with Crippen molar-refractivity contribution in [1.82, 2.24) is 5.32 Å². The van der Waals surface area contributed by atoms with Gasteiger partial charge in [-0.05, 0) is 25.5 Å². The molecule has 3 N–H and O–H groups in total.